The molecule has 0 heterocycles. The van der Waals surface area contributed by atoms with Crippen LogP contribution in [0.15, 0.2) is 24.3 Å². The van der Waals surface area contributed by atoms with Gasteiger partial charge in [-0.1, -0.05) is 18.6 Å². The molecule has 1 N–H and O–H groups in total. The van der Waals surface area contributed by atoms with Crippen LogP contribution in [0.5, 0.6) is 5.75 Å². The van der Waals surface area contributed by atoms with Crippen LogP contribution in [-0.4, -0.2) is 33.1 Å². The third kappa shape index (κ3) is 4.45. The average Bonchev–Trinajstić information content (AvgIpc) is 2.46. The van der Waals surface area contributed by atoms with Crippen molar-refractivity contribution in [2.24, 2.45) is 0 Å². The summed E-state index contributed by atoms with van der Waals surface area (Å²) >= 11 is 0. The van der Waals surface area contributed by atoms with Crippen molar-refractivity contribution >= 4 is 9.84 Å². The van der Waals surface area contributed by atoms with Crippen LogP contribution < -0.4 is 10.1 Å². The Hall–Kier alpha value is -1.07. The van der Waals surface area contributed by atoms with Gasteiger partial charge in [-0.15, -0.1) is 0 Å². The highest BCUT2D eigenvalue weighted by Crippen LogP contribution is 2.26. The number of hydrogen-bond donors (Lipinski definition) is 1. The average molecular weight is 311 g/mol. The fourth-order valence-electron chi connectivity index (χ4n) is 3.05. The zero-order valence-electron chi connectivity index (χ0n) is 13.0. The smallest absolute Gasteiger partial charge is 0.150 e. The van der Waals surface area contributed by atoms with Gasteiger partial charge in [-0.2, -0.15) is 0 Å². The maximum atomic E-state index is 11.7. The SMILES string of the molecule is COc1cccc([C@H](C)NC2CCCC(S(C)(=O)=O)C2)c1. The Labute approximate surface area is 127 Å². The molecule has 1 aromatic rings. The summed E-state index contributed by atoms with van der Waals surface area (Å²) in [6.45, 7) is 2.11. The highest BCUT2D eigenvalue weighted by Gasteiger charge is 2.29. The van der Waals surface area contributed by atoms with E-state index in [1.807, 2.05) is 18.2 Å². The van der Waals surface area contributed by atoms with Crippen LogP contribution in [0.2, 0.25) is 0 Å². The molecule has 0 radical (unpaired) electrons. The lowest BCUT2D eigenvalue weighted by Crippen LogP contribution is -2.39. The van der Waals surface area contributed by atoms with Crippen LogP contribution in [-0.2, 0) is 9.84 Å². The van der Waals surface area contributed by atoms with Crippen LogP contribution in [0.3, 0.4) is 0 Å². The first-order chi connectivity index (χ1) is 9.90. The van der Waals surface area contributed by atoms with Crippen molar-refractivity contribution in [3.8, 4) is 5.75 Å². The standard InChI is InChI=1S/C16H25NO3S/c1-12(13-6-4-8-15(10-13)20-2)17-14-7-5-9-16(11-14)21(3,18)19/h4,6,8,10,12,14,16-17H,5,7,9,11H2,1-3H3/t12-,14?,16?/m0/s1. The summed E-state index contributed by atoms with van der Waals surface area (Å²) in [7, 11) is -1.27. The maximum absolute atomic E-state index is 11.7. The highest BCUT2D eigenvalue weighted by atomic mass is 32.2. The van der Waals surface area contributed by atoms with E-state index in [1.54, 1.807) is 7.11 Å². The molecule has 0 aromatic heterocycles. The van der Waals surface area contributed by atoms with E-state index in [-0.39, 0.29) is 17.3 Å². The number of rotatable bonds is 5. The third-order valence-corrected chi connectivity index (χ3v) is 5.95. The second kappa shape index (κ2) is 6.79. The lowest BCUT2D eigenvalue weighted by molar-refractivity contribution is 0.345. The van der Waals surface area contributed by atoms with Crippen molar-refractivity contribution in [2.75, 3.05) is 13.4 Å². The molecule has 0 saturated heterocycles. The van der Waals surface area contributed by atoms with E-state index in [9.17, 15) is 8.42 Å². The van der Waals surface area contributed by atoms with Gasteiger partial charge in [0.2, 0.25) is 0 Å². The minimum Gasteiger partial charge on any atom is -0.497 e. The molecular weight excluding hydrogens is 286 g/mol. The van der Waals surface area contributed by atoms with E-state index in [0.29, 0.717) is 6.42 Å². The van der Waals surface area contributed by atoms with Crippen molar-refractivity contribution in [3.05, 3.63) is 29.8 Å². The Morgan fingerprint density at radius 1 is 1.33 bits per heavy atom. The molecule has 0 amide bonds. The predicted octanol–water partition coefficient (Wildman–Crippen LogP) is 2.70. The zero-order valence-corrected chi connectivity index (χ0v) is 13.8. The third-order valence-electron chi connectivity index (χ3n) is 4.31. The van der Waals surface area contributed by atoms with Gasteiger partial charge < -0.3 is 10.1 Å². The number of methoxy groups -OCH3 is 1. The lowest BCUT2D eigenvalue weighted by Gasteiger charge is -2.31. The Bertz CT molecular complexity index is 571. The molecule has 2 unspecified atom stereocenters. The van der Waals surface area contributed by atoms with E-state index in [2.05, 4.69) is 18.3 Å². The molecule has 0 spiro atoms. The molecule has 0 bridgehead atoms. The Kier molecular flexibility index (Phi) is 5.27. The first-order valence-corrected chi connectivity index (χ1v) is 9.44. The van der Waals surface area contributed by atoms with Gasteiger partial charge in [-0.25, -0.2) is 8.42 Å². The fourth-order valence-corrected chi connectivity index (χ4v) is 4.22. The molecule has 5 heteroatoms. The molecule has 21 heavy (non-hydrogen) atoms. The van der Waals surface area contributed by atoms with Crippen LogP contribution in [0.25, 0.3) is 0 Å². The second-order valence-electron chi connectivity index (χ2n) is 5.98. The summed E-state index contributed by atoms with van der Waals surface area (Å²) in [4.78, 5) is 0. The Morgan fingerprint density at radius 3 is 2.76 bits per heavy atom. The topological polar surface area (TPSA) is 55.4 Å². The molecule has 1 aromatic carbocycles. The molecular formula is C16H25NO3S. The second-order valence-corrected chi connectivity index (χ2v) is 8.31. The Morgan fingerprint density at radius 2 is 2.10 bits per heavy atom. The van der Waals surface area contributed by atoms with Gasteiger partial charge in [0.05, 0.1) is 12.4 Å². The normalized spacial score (nSPS) is 24.5. The van der Waals surface area contributed by atoms with Gasteiger partial charge in [-0.05, 0) is 43.9 Å². The van der Waals surface area contributed by atoms with Crippen LogP contribution in [0.1, 0.15) is 44.2 Å². The molecule has 4 nitrogen and oxygen atoms in total. The largest absolute Gasteiger partial charge is 0.497 e. The van der Waals surface area contributed by atoms with Crippen molar-refractivity contribution in [2.45, 2.75) is 49.9 Å². The lowest BCUT2D eigenvalue weighted by atomic mass is 9.93. The molecule has 1 fully saturated rings. The summed E-state index contributed by atoms with van der Waals surface area (Å²) in [6.07, 6.45) is 4.88. The van der Waals surface area contributed by atoms with E-state index in [0.717, 1.165) is 30.6 Å². The number of ether oxygens (including phenoxy) is 1. The minimum atomic E-state index is -2.93. The van der Waals surface area contributed by atoms with E-state index < -0.39 is 9.84 Å². The van der Waals surface area contributed by atoms with Gasteiger partial charge in [0.1, 0.15) is 15.6 Å². The quantitative estimate of drug-likeness (QED) is 0.908. The first kappa shape index (κ1) is 16.3. The van der Waals surface area contributed by atoms with E-state index in [1.165, 1.54) is 6.26 Å². The van der Waals surface area contributed by atoms with Crippen molar-refractivity contribution in [1.29, 1.82) is 0 Å². The van der Waals surface area contributed by atoms with Crippen molar-refractivity contribution in [1.82, 2.24) is 5.32 Å². The minimum absolute atomic E-state index is 0.184. The molecule has 3 atom stereocenters. The number of nitrogens with one attached hydrogen (secondary N) is 1. The van der Waals surface area contributed by atoms with Crippen LogP contribution in [0, 0.1) is 0 Å². The molecule has 0 aliphatic heterocycles. The summed E-state index contributed by atoms with van der Waals surface area (Å²) in [6, 6.07) is 8.44. The zero-order chi connectivity index (χ0) is 15.5. The van der Waals surface area contributed by atoms with Gasteiger partial charge in [0.25, 0.3) is 0 Å². The molecule has 1 aliphatic carbocycles. The van der Waals surface area contributed by atoms with Crippen LogP contribution in [0.4, 0.5) is 0 Å². The Balaban J connectivity index is 2.00. The summed E-state index contributed by atoms with van der Waals surface area (Å²) < 4.78 is 28.7. The van der Waals surface area contributed by atoms with Crippen molar-refractivity contribution in [3.63, 3.8) is 0 Å². The number of hydrogen-bond acceptors (Lipinski definition) is 4. The number of sulfone groups is 1. The predicted molar refractivity (Wildman–Crippen MR) is 85.4 cm³/mol. The van der Waals surface area contributed by atoms with E-state index in [4.69, 9.17) is 4.74 Å². The summed E-state index contributed by atoms with van der Waals surface area (Å²) in [5.41, 5.74) is 1.16. The van der Waals surface area contributed by atoms with Crippen molar-refractivity contribution < 1.29 is 13.2 Å². The van der Waals surface area contributed by atoms with Gasteiger partial charge in [0, 0.05) is 18.3 Å². The maximum Gasteiger partial charge on any atom is 0.150 e. The molecule has 1 saturated carbocycles. The molecule has 118 valence electrons. The van der Waals surface area contributed by atoms with Gasteiger partial charge in [0.15, 0.2) is 0 Å². The molecule has 2 rings (SSSR count). The van der Waals surface area contributed by atoms with Crippen LogP contribution >= 0.6 is 0 Å². The highest BCUT2D eigenvalue weighted by molar-refractivity contribution is 7.91. The first-order valence-electron chi connectivity index (χ1n) is 7.49. The van der Waals surface area contributed by atoms with Gasteiger partial charge in [-0.3, -0.25) is 0 Å². The summed E-state index contributed by atoms with van der Waals surface area (Å²) in [5, 5.41) is 3.38. The fraction of sp³-hybridized carbons (Fsp3) is 0.625. The van der Waals surface area contributed by atoms with E-state index >= 15 is 0 Å². The summed E-state index contributed by atoms with van der Waals surface area (Å²) in [5.74, 6) is 0.846. The monoisotopic (exact) mass is 311 g/mol. The number of benzene rings is 1. The van der Waals surface area contributed by atoms with Gasteiger partial charge >= 0.3 is 0 Å². The molecule has 1 aliphatic rings.